The van der Waals surface area contributed by atoms with E-state index in [1.807, 2.05) is 0 Å². The summed E-state index contributed by atoms with van der Waals surface area (Å²) in [7, 11) is 0. The minimum Gasteiger partial charge on any atom is -0.435 e. The standard InChI is InChI=1S/C8H9F2NO/c9-8(10)12-7-3-1-2-6(4-7)5-11/h1-4,8H,5,11H2. The van der Waals surface area contributed by atoms with Gasteiger partial charge in [-0.2, -0.15) is 8.78 Å². The number of rotatable bonds is 3. The van der Waals surface area contributed by atoms with Crippen LogP contribution in [0, 0.1) is 0 Å². The van der Waals surface area contributed by atoms with Gasteiger partial charge in [-0.25, -0.2) is 0 Å². The molecule has 1 aromatic rings. The highest BCUT2D eigenvalue weighted by Gasteiger charge is 2.03. The molecule has 1 aromatic carbocycles. The second kappa shape index (κ2) is 4.01. The van der Waals surface area contributed by atoms with Gasteiger partial charge in [0.1, 0.15) is 5.75 Å². The molecule has 0 aliphatic rings. The summed E-state index contributed by atoms with van der Waals surface area (Å²) >= 11 is 0. The third-order valence-corrected chi connectivity index (χ3v) is 1.36. The number of ether oxygens (including phenoxy) is 1. The molecule has 0 fully saturated rings. The second-order valence-electron chi connectivity index (χ2n) is 2.23. The number of alkyl halides is 2. The first-order valence-corrected chi connectivity index (χ1v) is 3.46. The molecule has 0 atom stereocenters. The summed E-state index contributed by atoms with van der Waals surface area (Å²) in [6.07, 6.45) is 0. The zero-order chi connectivity index (χ0) is 8.97. The van der Waals surface area contributed by atoms with Crippen LogP contribution in [0.1, 0.15) is 5.56 Å². The first-order chi connectivity index (χ1) is 5.72. The minimum atomic E-state index is -2.78. The summed E-state index contributed by atoms with van der Waals surface area (Å²) in [5.74, 6) is 0.146. The van der Waals surface area contributed by atoms with Gasteiger partial charge in [0.2, 0.25) is 0 Å². The first kappa shape index (κ1) is 8.93. The summed E-state index contributed by atoms with van der Waals surface area (Å²) in [6.45, 7) is -2.46. The van der Waals surface area contributed by atoms with E-state index in [1.165, 1.54) is 12.1 Å². The Morgan fingerprint density at radius 2 is 2.17 bits per heavy atom. The minimum absolute atomic E-state index is 0.146. The van der Waals surface area contributed by atoms with Crippen molar-refractivity contribution >= 4 is 0 Å². The van der Waals surface area contributed by atoms with Gasteiger partial charge < -0.3 is 10.5 Å². The Hall–Kier alpha value is -1.16. The van der Waals surface area contributed by atoms with Gasteiger partial charge in [0.15, 0.2) is 0 Å². The number of halogens is 2. The fraction of sp³-hybridized carbons (Fsp3) is 0.250. The molecule has 0 unspecified atom stereocenters. The lowest BCUT2D eigenvalue weighted by Crippen LogP contribution is -2.03. The maximum Gasteiger partial charge on any atom is 0.387 e. The smallest absolute Gasteiger partial charge is 0.387 e. The van der Waals surface area contributed by atoms with Gasteiger partial charge in [-0.3, -0.25) is 0 Å². The summed E-state index contributed by atoms with van der Waals surface area (Å²) in [6, 6.07) is 6.33. The third-order valence-electron chi connectivity index (χ3n) is 1.36. The zero-order valence-electron chi connectivity index (χ0n) is 6.34. The fourth-order valence-corrected chi connectivity index (χ4v) is 0.849. The summed E-state index contributed by atoms with van der Waals surface area (Å²) < 4.78 is 27.6. The van der Waals surface area contributed by atoms with Crippen molar-refractivity contribution < 1.29 is 13.5 Å². The van der Waals surface area contributed by atoms with Crippen molar-refractivity contribution in [1.82, 2.24) is 0 Å². The zero-order valence-corrected chi connectivity index (χ0v) is 6.34. The van der Waals surface area contributed by atoms with E-state index >= 15 is 0 Å². The van der Waals surface area contributed by atoms with Gasteiger partial charge in [0.05, 0.1) is 0 Å². The molecule has 0 radical (unpaired) electrons. The van der Waals surface area contributed by atoms with E-state index in [2.05, 4.69) is 4.74 Å². The molecule has 66 valence electrons. The van der Waals surface area contributed by atoms with Gasteiger partial charge in [0.25, 0.3) is 0 Å². The highest BCUT2D eigenvalue weighted by molar-refractivity contribution is 5.28. The Labute approximate surface area is 68.9 Å². The Morgan fingerprint density at radius 3 is 2.75 bits per heavy atom. The monoisotopic (exact) mass is 173 g/mol. The molecule has 0 aliphatic carbocycles. The van der Waals surface area contributed by atoms with Crippen LogP contribution >= 0.6 is 0 Å². The van der Waals surface area contributed by atoms with Crippen LogP contribution in [0.5, 0.6) is 5.75 Å². The number of benzene rings is 1. The molecular formula is C8H9F2NO. The molecule has 2 nitrogen and oxygen atoms in total. The predicted molar refractivity (Wildman–Crippen MR) is 41.0 cm³/mol. The molecule has 12 heavy (non-hydrogen) atoms. The van der Waals surface area contributed by atoms with E-state index in [-0.39, 0.29) is 5.75 Å². The third kappa shape index (κ3) is 2.47. The maximum atomic E-state index is 11.7. The predicted octanol–water partition coefficient (Wildman–Crippen LogP) is 1.75. The fourth-order valence-electron chi connectivity index (χ4n) is 0.849. The molecule has 0 aromatic heterocycles. The van der Waals surface area contributed by atoms with Gasteiger partial charge in [0, 0.05) is 6.54 Å². The molecule has 0 heterocycles. The van der Waals surface area contributed by atoms with E-state index in [4.69, 9.17) is 5.73 Å². The van der Waals surface area contributed by atoms with Crippen LogP contribution in [-0.4, -0.2) is 6.61 Å². The summed E-state index contributed by atoms with van der Waals surface area (Å²) in [5, 5.41) is 0. The number of hydrogen-bond acceptors (Lipinski definition) is 2. The van der Waals surface area contributed by atoms with E-state index in [1.54, 1.807) is 12.1 Å². The number of nitrogens with two attached hydrogens (primary N) is 1. The molecule has 1 rings (SSSR count). The Balaban J connectivity index is 2.72. The van der Waals surface area contributed by atoms with Gasteiger partial charge in [-0.15, -0.1) is 0 Å². The Bertz CT molecular complexity index is 253. The van der Waals surface area contributed by atoms with Crippen LogP contribution in [-0.2, 0) is 6.54 Å². The lowest BCUT2D eigenvalue weighted by Gasteiger charge is -2.04. The summed E-state index contributed by atoms with van der Waals surface area (Å²) in [4.78, 5) is 0. The molecule has 0 saturated heterocycles. The van der Waals surface area contributed by atoms with E-state index in [9.17, 15) is 8.78 Å². The molecule has 0 spiro atoms. The molecule has 0 amide bonds. The van der Waals surface area contributed by atoms with Crippen molar-refractivity contribution in [3.8, 4) is 5.75 Å². The molecule has 0 saturated carbocycles. The van der Waals surface area contributed by atoms with Gasteiger partial charge >= 0.3 is 6.61 Å². The topological polar surface area (TPSA) is 35.2 Å². The lowest BCUT2D eigenvalue weighted by atomic mass is 10.2. The average molecular weight is 173 g/mol. The quantitative estimate of drug-likeness (QED) is 0.755. The normalized spacial score (nSPS) is 10.3. The van der Waals surface area contributed by atoms with Crippen LogP contribution in [0.25, 0.3) is 0 Å². The van der Waals surface area contributed by atoms with E-state index in [0.717, 1.165) is 5.56 Å². The molecule has 0 aliphatic heterocycles. The van der Waals surface area contributed by atoms with Crippen LogP contribution in [0.4, 0.5) is 8.78 Å². The molecule has 2 N–H and O–H groups in total. The second-order valence-corrected chi connectivity index (χ2v) is 2.23. The van der Waals surface area contributed by atoms with E-state index < -0.39 is 6.61 Å². The first-order valence-electron chi connectivity index (χ1n) is 3.46. The van der Waals surface area contributed by atoms with E-state index in [0.29, 0.717) is 6.54 Å². The van der Waals surface area contributed by atoms with Crippen molar-refractivity contribution in [2.45, 2.75) is 13.2 Å². The van der Waals surface area contributed by atoms with Crippen LogP contribution in [0.2, 0.25) is 0 Å². The van der Waals surface area contributed by atoms with Gasteiger partial charge in [-0.05, 0) is 17.7 Å². The van der Waals surface area contributed by atoms with Crippen LogP contribution in [0.3, 0.4) is 0 Å². The van der Waals surface area contributed by atoms with Crippen LogP contribution in [0.15, 0.2) is 24.3 Å². The van der Waals surface area contributed by atoms with Gasteiger partial charge in [-0.1, -0.05) is 12.1 Å². The highest BCUT2D eigenvalue weighted by atomic mass is 19.3. The largest absolute Gasteiger partial charge is 0.435 e. The van der Waals surface area contributed by atoms with Crippen molar-refractivity contribution in [3.63, 3.8) is 0 Å². The maximum absolute atomic E-state index is 11.7. The SMILES string of the molecule is NCc1cccc(OC(F)F)c1. The average Bonchev–Trinajstić information content (AvgIpc) is 2.03. The van der Waals surface area contributed by atoms with Crippen molar-refractivity contribution in [3.05, 3.63) is 29.8 Å². The highest BCUT2D eigenvalue weighted by Crippen LogP contribution is 2.15. The Morgan fingerprint density at radius 1 is 1.42 bits per heavy atom. The molecule has 0 bridgehead atoms. The lowest BCUT2D eigenvalue weighted by molar-refractivity contribution is -0.0498. The molecular weight excluding hydrogens is 164 g/mol. The molecule has 4 heteroatoms. The van der Waals surface area contributed by atoms with Crippen LogP contribution < -0.4 is 10.5 Å². The van der Waals surface area contributed by atoms with Crippen molar-refractivity contribution in [2.24, 2.45) is 5.73 Å². The Kier molecular flexibility index (Phi) is 2.99. The van der Waals surface area contributed by atoms with Crippen molar-refractivity contribution in [2.75, 3.05) is 0 Å². The van der Waals surface area contributed by atoms with Crippen molar-refractivity contribution in [1.29, 1.82) is 0 Å². The summed E-state index contributed by atoms with van der Waals surface area (Å²) in [5.41, 5.74) is 6.08. The number of hydrogen-bond donors (Lipinski definition) is 1.